The van der Waals surface area contributed by atoms with Gasteiger partial charge in [0.1, 0.15) is 0 Å². The fraction of sp³-hybridized carbons (Fsp3) is 0.0625. The van der Waals surface area contributed by atoms with E-state index in [4.69, 9.17) is 23.2 Å². The van der Waals surface area contributed by atoms with Gasteiger partial charge in [-0.2, -0.15) is 13.2 Å². The maximum atomic E-state index is 13.3. The summed E-state index contributed by atoms with van der Waals surface area (Å²) in [5.41, 5.74) is -1.22. The highest BCUT2D eigenvalue weighted by Crippen LogP contribution is 2.36. The molecule has 120 valence electrons. The monoisotopic (exact) mass is 422 g/mol. The van der Waals surface area contributed by atoms with Crippen molar-refractivity contribution in [1.29, 1.82) is 0 Å². The molecular weight excluding hydrogens is 416 g/mol. The number of hydrogen-bond acceptors (Lipinski definition) is 1. The maximum Gasteiger partial charge on any atom is 0.417 e. The number of carbonyl (C=O) groups excluding carboxylic acids is 1. The molecule has 0 amide bonds. The molecule has 0 spiro atoms. The van der Waals surface area contributed by atoms with Gasteiger partial charge in [-0.15, -0.1) is 0 Å². The van der Waals surface area contributed by atoms with Crippen molar-refractivity contribution in [2.45, 2.75) is 6.18 Å². The first-order valence-electron chi connectivity index (χ1n) is 6.22. The number of alkyl halides is 3. The summed E-state index contributed by atoms with van der Waals surface area (Å²) in [6.07, 6.45) is -4.18. The molecule has 0 heterocycles. The van der Waals surface area contributed by atoms with Crippen molar-refractivity contribution in [3.63, 3.8) is 0 Å². The number of carbonyl (C=O) groups is 1. The molecule has 0 unspecified atom stereocenters. The van der Waals surface area contributed by atoms with Gasteiger partial charge in [-0.05, 0) is 54.1 Å². The van der Waals surface area contributed by atoms with Crippen LogP contribution < -0.4 is 0 Å². The second kappa shape index (κ2) is 7.07. The molecule has 0 aliphatic heterocycles. The zero-order valence-corrected chi connectivity index (χ0v) is 14.4. The van der Waals surface area contributed by atoms with Crippen molar-refractivity contribution in [3.8, 4) is 0 Å². The van der Waals surface area contributed by atoms with Crippen LogP contribution in [0.25, 0.3) is 5.57 Å². The van der Waals surface area contributed by atoms with Gasteiger partial charge in [-0.1, -0.05) is 39.1 Å². The lowest BCUT2D eigenvalue weighted by molar-refractivity contribution is -0.0689. The van der Waals surface area contributed by atoms with Crippen LogP contribution in [0.2, 0.25) is 10.0 Å². The first kappa shape index (κ1) is 18.0. The minimum atomic E-state index is -4.72. The molecule has 0 radical (unpaired) electrons. The van der Waals surface area contributed by atoms with Crippen molar-refractivity contribution in [2.24, 2.45) is 0 Å². The van der Waals surface area contributed by atoms with Crippen molar-refractivity contribution in [3.05, 3.63) is 74.2 Å². The van der Waals surface area contributed by atoms with Crippen LogP contribution in [0.1, 0.15) is 15.9 Å². The second-order valence-corrected chi connectivity index (χ2v) is 6.37. The van der Waals surface area contributed by atoms with Crippen LogP contribution in [0, 0.1) is 0 Å². The van der Waals surface area contributed by atoms with Gasteiger partial charge < -0.3 is 0 Å². The molecule has 0 aliphatic carbocycles. The number of ketones is 1. The summed E-state index contributed by atoms with van der Waals surface area (Å²) >= 11 is 14.7. The van der Waals surface area contributed by atoms with E-state index >= 15 is 0 Å². The quantitative estimate of drug-likeness (QED) is 0.402. The molecule has 7 heteroatoms. The van der Waals surface area contributed by atoms with E-state index in [1.165, 1.54) is 18.2 Å². The Labute approximate surface area is 148 Å². The largest absolute Gasteiger partial charge is 0.417 e. The molecule has 2 aromatic carbocycles. The van der Waals surface area contributed by atoms with Crippen molar-refractivity contribution < 1.29 is 18.0 Å². The number of allylic oxidation sites excluding steroid dienone is 2. The molecule has 2 aromatic rings. The smallest absolute Gasteiger partial charge is 0.289 e. The Morgan fingerprint density at radius 2 is 1.48 bits per heavy atom. The molecule has 0 fully saturated rings. The summed E-state index contributed by atoms with van der Waals surface area (Å²) in [6, 6.07) is 9.55. The van der Waals surface area contributed by atoms with Crippen LogP contribution in [0.4, 0.5) is 13.2 Å². The van der Waals surface area contributed by atoms with Gasteiger partial charge in [0.15, 0.2) is 5.78 Å². The molecule has 2 rings (SSSR count). The van der Waals surface area contributed by atoms with Crippen LogP contribution >= 0.6 is 39.1 Å². The first-order chi connectivity index (χ1) is 10.7. The fourth-order valence-corrected chi connectivity index (χ4v) is 2.66. The second-order valence-electron chi connectivity index (χ2n) is 4.59. The Morgan fingerprint density at radius 3 is 1.96 bits per heavy atom. The molecule has 0 atom stereocenters. The summed E-state index contributed by atoms with van der Waals surface area (Å²) in [5, 5.41) is 0.109. The van der Waals surface area contributed by atoms with Crippen molar-refractivity contribution in [2.75, 3.05) is 0 Å². The van der Waals surface area contributed by atoms with E-state index in [9.17, 15) is 18.0 Å². The highest BCUT2D eigenvalue weighted by atomic mass is 79.9. The lowest BCUT2D eigenvalue weighted by atomic mass is 10.0. The molecule has 0 saturated carbocycles. The van der Waals surface area contributed by atoms with Gasteiger partial charge in [-0.25, -0.2) is 0 Å². The van der Waals surface area contributed by atoms with Crippen molar-refractivity contribution in [1.82, 2.24) is 0 Å². The molecule has 1 nitrogen and oxygen atoms in total. The van der Waals surface area contributed by atoms with Gasteiger partial charge in [-0.3, -0.25) is 4.79 Å². The summed E-state index contributed by atoms with van der Waals surface area (Å²) in [6.45, 7) is 0. The van der Waals surface area contributed by atoms with Gasteiger partial charge in [0.25, 0.3) is 0 Å². The third-order valence-corrected chi connectivity index (χ3v) is 3.85. The Kier molecular flexibility index (Phi) is 5.55. The highest BCUT2D eigenvalue weighted by Gasteiger charge is 2.35. The van der Waals surface area contributed by atoms with Gasteiger partial charge in [0, 0.05) is 20.1 Å². The maximum absolute atomic E-state index is 13.3. The molecular formula is C16H8BrCl2F3O. The zero-order chi connectivity index (χ0) is 17.2. The molecule has 0 bridgehead atoms. The predicted molar refractivity (Wildman–Crippen MR) is 89.0 cm³/mol. The van der Waals surface area contributed by atoms with E-state index in [1.807, 2.05) is 0 Å². The number of hydrogen-bond donors (Lipinski definition) is 0. The van der Waals surface area contributed by atoms with Gasteiger partial charge in [0.05, 0.1) is 5.57 Å². The average Bonchev–Trinajstić information content (AvgIpc) is 2.42. The predicted octanol–water partition coefficient (Wildman–Crippen LogP) is 6.58. The molecule has 0 aromatic heterocycles. The average molecular weight is 424 g/mol. The Bertz CT molecular complexity index is 748. The third kappa shape index (κ3) is 4.83. The SMILES string of the molecule is O=C(/C=C(\c1cc(Cl)cc(Cl)c1)C(F)(F)F)c1ccc(Br)cc1. The topological polar surface area (TPSA) is 17.1 Å². The van der Waals surface area contributed by atoms with Gasteiger partial charge in [0.2, 0.25) is 0 Å². The lowest BCUT2D eigenvalue weighted by Crippen LogP contribution is -2.13. The highest BCUT2D eigenvalue weighted by molar-refractivity contribution is 9.10. The van der Waals surface area contributed by atoms with E-state index in [0.717, 1.165) is 16.6 Å². The molecule has 0 aliphatic rings. The number of halogens is 6. The molecule has 0 N–H and O–H groups in total. The van der Waals surface area contributed by atoms with E-state index < -0.39 is 17.5 Å². The van der Waals surface area contributed by atoms with E-state index in [2.05, 4.69) is 15.9 Å². The Hall–Kier alpha value is -1.30. The Morgan fingerprint density at radius 1 is 0.957 bits per heavy atom. The summed E-state index contributed by atoms with van der Waals surface area (Å²) < 4.78 is 40.6. The summed E-state index contributed by atoms with van der Waals surface area (Å²) in [4.78, 5) is 12.1. The first-order valence-corrected chi connectivity index (χ1v) is 7.77. The molecule has 0 saturated heterocycles. The Balaban J connectivity index is 2.50. The zero-order valence-electron chi connectivity index (χ0n) is 11.3. The number of benzene rings is 2. The van der Waals surface area contributed by atoms with E-state index in [-0.39, 0.29) is 21.2 Å². The summed E-state index contributed by atoms with van der Waals surface area (Å²) in [5.74, 6) is -0.763. The molecule has 23 heavy (non-hydrogen) atoms. The standard InChI is InChI=1S/C16H8BrCl2F3O/c17-11-3-1-9(2-4-11)15(23)8-14(16(20,21)22)10-5-12(18)7-13(19)6-10/h1-8H/b14-8+. The van der Waals surface area contributed by atoms with Crippen LogP contribution in [0.3, 0.4) is 0 Å². The van der Waals surface area contributed by atoms with E-state index in [0.29, 0.717) is 6.08 Å². The van der Waals surface area contributed by atoms with E-state index in [1.54, 1.807) is 12.1 Å². The summed E-state index contributed by atoms with van der Waals surface area (Å²) in [7, 11) is 0. The van der Waals surface area contributed by atoms with Crippen LogP contribution in [0.15, 0.2) is 53.0 Å². The lowest BCUT2D eigenvalue weighted by Gasteiger charge is -2.13. The minimum Gasteiger partial charge on any atom is -0.289 e. The van der Waals surface area contributed by atoms with Gasteiger partial charge >= 0.3 is 6.18 Å². The minimum absolute atomic E-state index is 0.0544. The normalized spacial score (nSPS) is 12.3. The fourth-order valence-electron chi connectivity index (χ4n) is 1.87. The van der Waals surface area contributed by atoms with Crippen molar-refractivity contribution >= 4 is 50.5 Å². The third-order valence-electron chi connectivity index (χ3n) is 2.88. The number of rotatable bonds is 3. The van der Waals surface area contributed by atoms with Crippen LogP contribution in [0.5, 0.6) is 0 Å². The van der Waals surface area contributed by atoms with Crippen LogP contribution in [-0.4, -0.2) is 12.0 Å². The van der Waals surface area contributed by atoms with Crippen LogP contribution in [-0.2, 0) is 0 Å².